The molecule has 8 heteroatoms. The van der Waals surface area contributed by atoms with Gasteiger partial charge in [0.2, 0.25) is 0 Å². The van der Waals surface area contributed by atoms with Gasteiger partial charge in [0.25, 0.3) is 5.56 Å². The molecule has 28 heavy (non-hydrogen) atoms. The summed E-state index contributed by atoms with van der Waals surface area (Å²) in [6.45, 7) is 2.48. The van der Waals surface area contributed by atoms with Crippen LogP contribution in [0.15, 0.2) is 63.0 Å². The summed E-state index contributed by atoms with van der Waals surface area (Å²) in [5.74, 6) is 0. The number of nitrogens with zero attached hydrogens (tertiary/aromatic N) is 5. The molecule has 1 aromatic carbocycles. The summed E-state index contributed by atoms with van der Waals surface area (Å²) in [6, 6.07) is 9.69. The van der Waals surface area contributed by atoms with Crippen molar-refractivity contribution in [2.75, 3.05) is 0 Å². The van der Waals surface area contributed by atoms with E-state index in [1.807, 2.05) is 49.4 Å². The minimum absolute atomic E-state index is 0.0925. The number of imidazole rings is 1. The molecule has 4 rings (SSSR count). The lowest BCUT2D eigenvalue weighted by Crippen LogP contribution is -2.40. The van der Waals surface area contributed by atoms with E-state index in [1.54, 1.807) is 17.8 Å². The summed E-state index contributed by atoms with van der Waals surface area (Å²) < 4.78 is 4.88. The first-order chi connectivity index (χ1) is 13.5. The molecule has 142 valence electrons. The number of rotatable bonds is 4. The van der Waals surface area contributed by atoms with Crippen LogP contribution in [0.25, 0.3) is 21.9 Å². The van der Waals surface area contributed by atoms with Crippen molar-refractivity contribution in [3.05, 3.63) is 79.9 Å². The fraction of sp³-hybridized carbons (Fsp3) is 0.200. The molecule has 0 aliphatic rings. The standard InChI is InChI=1S/C20H18BrN5O2/c1-3-4-11-25-16-17(23-19(25)21)24(2)20(28)26(18(16)27)12-15-14-8-6-5-7-13(14)9-10-22-15/h3-10H,11-12H2,1-2H3. The Kier molecular flexibility index (Phi) is 4.72. The normalized spacial score (nSPS) is 11.8. The Morgan fingerprint density at radius 1 is 1.14 bits per heavy atom. The maximum absolute atomic E-state index is 13.3. The Bertz CT molecular complexity index is 1340. The summed E-state index contributed by atoms with van der Waals surface area (Å²) in [5.41, 5.74) is 0.613. The average molecular weight is 440 g/mol. The van der Waals surface area contributed by atoms with E-state index in [4.69, 9.17) is 0 Å². The van der Waals surface area contributed by atoms with Gasteiger partial charge in [-0.1, -0.05) is 36.4 Å². The van der Waals surface area contributed by atoms with Gasteiger partial charge in [-0.25, -0.2) is 9.78 Å². The van der Waals surface area contributed by atoms with E-state index in [-0.39, 0.29) is 12.1 Å². The number of hydrogen-bond donors (Lipinski definition) is 0. The van der Waals surface area contributed by atoms with E-state index in [2.05, 4.69) is 25.9 Å². The summed E-state index contributed by atoms with van der Waals surface area (Å²) in [6.07, 6.45) is 5.52. The molecule has 0 unspecified atom stereocenters. The summed E-state index contributed by atoms with van der Waals surface area (Å²) in [4.78, 5) is 34.9. The zero-order valence-corrected chi connectivity index (χ0v) is 17.0. The predicted molar refractivity (Wildman–Crippen MR) is 113 cm³/mol. The fourth-order valence-electron chi connectivity index (χ4n) is 3.32. The molecular formula is C20H18BrN5O2. The number of pyridine rings is 1. The molecule has 0 N–H and O–H groups in total. The summed E-state index contributed by atoms with van der Waals surface area (Å²) >= 11 is 3.40. The largest absolute Gasteiger partial charge is 0.332 e. The van der Waals surface area contributed by atoms with Gasteiger partial charge in [0, 0.05) is 25.2 Å². The Labute approximate surface area is 168 Å². The van der Waals surface area contributed by atoms with Gasteiger partial charge in [-0.15, -0.1) is 0 Å². The van der Waals surface area contributed by atoms with E-state index in [0.29, 0.717) is 28.1 Å². The van der Waals surface area contributed by atoms with Crippen LogP contribution in [0, 0.1) is 0 Å². The summed E-state index contributed by atoms with van der Waals surface area (Å²) in [5, 5.41) is 1.93. The second-order valence-corrected chi connectivity index (χ2v) is 7.15. The zero-order valence-electron chi connectivity index (χ0n) is 15.5. The molecule has 0 bridgehead atoms. The molecule has 4 aromatic rings. The molecule has 7 nitrogen and oxygen atoms in total. The molecule has 0 amide bonds. The van der Waals surface area contributed by atoms with Crippen LogP contribution in [0.4, 0.5) is 0 Å². The van der Waals surface area contributed by atoms with Crippen LogP contribution >= 0.6 is 15.9 Å². The van der Waals surface area contributed by atoms with Crippen molar-refractivity contribution >= 4 is 37.9 Å². The lowest BCUT2D eigenvalue weighted by atomic mass is 10.1. The topological polar surface area (TPSA) is 74.7 Å². The van der Waals surface area contributed by atoms with Crippen molar-refractivity contribution in [2.45, 2.75) is 20.0 Å². The lowest BCUT2D eigenvalue weighted by molar-refractivity contribution is 0.647. The van der Waals surface area contributed by atoms with Crippen LogP contribution < -0.4 is 11.2 Å². The third-order valence-corrected chi connectivity index (χ3v) is 5.38. The smallest absolute Gasteiger partial charge is 0.309 e. The minimum Gasteiger partial charge on any atom is -0.309 e. The van der Waals surface area contributed by atoms with Crippen LogP contribution in [0.2, 0.25) is 0 Å². The maximum Gasteiger partial charge on any atom is 0.332 e. The average Bonchev–Trinajstić information content (AvgIpc) is 3.04. The zero-order chi connectivity index (χ0) is 19.8. The molecule has 0 saturated carbocycles. The van der Waals surface area contributed by atoms with Gasteiger partial charge >= 0.3 is 5.69 Å². The van der Waals surface area contributed by atoms with Gasteiger partial charge < -0.3 is 4.57 Å². The van der Waals surface area contributed by atoms with Crippen LogP contribution in [-0.4, -0.2) is 23.7 Å². The van der Waals surface area contributed by atoms with E-state index in [9.17, 15) is 9.59 Å². The van der Waals surface area contributed by atoms with Crippen molar-refractivity contribution in [2.24, 2.45) is 7.05 Å². The number of hydrogen-bond acceptors (Lipinski definition) is 4. The monoisotopic (exact) mass is 439 g/mol. The highest BCUT2D eigenvalue weighted by atomic mass is 79.9. The van der Waals surface area contributed by atoms with Crippen LogP contribution in [-0.2, 0) is 20.1 Å². The SMILES string of the molecule is CC=CCn1c(Br)nc2c1c(=O)n(Cc1nccc3ccccc13)c(=O)n2C. The van der Waals surface area contributed by atoms with Crippen molar-refractivity contribution in [3.8, 4) is 0 Å². The Morgan fingerprint density at radius 2 is 1.93 bits per heavy atom. The van der Waals surface area contributed by atoms with Crippen LogP contribution in [0.5, 0.6) is 0 Å². The lowest BCUT2D eigenvalue weighted by Gasteiger charge is -2.10. The highest BCUT2D eigenvalue weighted by molar-refractivity contribution is 9.10. The Hall–Kier alpha value is -3.00. The van der Waals surface area contributed by atoms with Crippen molar-refractivity contribution in [3.63, 3.8) is 0 Å². The molecule has 3 heterocycles. The molecule has 0 aliphatic heterocycles. The van der Waals surface area contributed by atoms with Gasteiger partial charge in [0.05, 0.1) is 12.2 Å². The van der Waals surface area contributed by atoms with Crippen molar-refractivity contribution in [1.29, 1.82) is 0 Å². The van der Waals surface area contributed by atoms with Gasteiger partial charge in [0.15, 0.2) is 15.9 Å². The molecule has 0 aliphatic carbocycles. The molecule has 0 radical (unpaired) electrons. The number of fused-ring (bicyclic) bond motifs is 2. The van der Waals surface area contributed by atoms with E-state index >= 15 is 0 Å². The quantitative estimate of drug-likeness (QED) is 0.361. The minimum atomic E-state index is -0.421. The maximum atomic E-state index is 13.3. The van der Waals surface area contributed by atoms with Gasteiger partial charge in [0.1, 0.15) is 0 Å². The van der Waals surface area contributed by atoms with Gasteiger partial charge in [-0.3, -0.25) is 18.9 Å². The second-order valence-electron chi connectivity index (χ2n) is 6.44. The molecule has 0 spiro atoms. The number of allylic oxidation sites excluding steroid dienone is 2. The number of aryl methyl sites for hydroxylation is 1. The van der Waals surface area contributed by atoms with Crippen LogP contribution in [0.1, 0.15) is 12.6 Å². The highest BCUT2D eigenvalue weighted by Gasteiger charge is 2.19. The first-order valence-electron chi connectivity index (χ1n) is 8.82. The van der Waals surface area contributed by atoms with E-state index in [1.165, 1.54) is 9.13 Å². The number of halogens is 1. The predicted octanol–water partition coefficient (Wildman–Crippen LogP) is 2.83. The molecule has 0 saturated heterocycles. The van der Waals surface area contributed by atoms with Gasteiger partial charge in [-0.05, 0) is 34.3 Å². The number of aromatic nitrogens is 5. The molecule has 3 aromatic heterocycles. The third kappa shape index (κ3) is 2.90. The summed E-state index contributed by atoms with van der Waals surface area (Å²) in [7, 11) is 1.62. The Balaban J connectivity index is 1.97. The highest BCUT2D eigenvalue weighted by Crippen LogP contribution is 2.18. The molecule has 0 fully saturated rings. The van der Waals surface area contributed by atoms with Crippen LogP contribution in [0.3, 0.4) is 0 Å². The van der Waals surface area contributed by atoms with Crippen molar-refractivity contribution in [1.82, 2.24) is 23.7 Å². The second kappa shape index (κ2) is 7.20. The van der Waals surface area contributed by atoms with Gasteiger partial charge in [-0.2, -0.15) is 0 Å². The first kappa shape index (κ1) is 18.4. The third-order valence-electron chi connectivity index (χ3n) is 4.77. The van der Waals surface area contributed by atoms with Crippen molar-refractivity contribution < 1.29 is 0 Å². The molecular weight excluding hydrogens is 422 g/mol. The molecule has 0 atom stereocenters. The Morgan fingerprint density at radius 3 is 2.71 bits per heavy atom. The fourth-order valence-corrected chi connectivity index (χ4v) is 3.81. The van der Waals surface area contributed by atoms with E-state index < -0.39 is 5.69 Å². The number of benzene rings is 1. The first-order valence-corrected chi connectivity index (χ1v) is 9.61. The van der Waals surface area contributed by atoms with E-state index in [0.717, 1.165) is 10.8 Å².